The molecule has 1 heterocycles. The van der Waals surface area contributed by atoms with E-state index in [2.05, 4.69) is 17.3 Å². The van der Waals surface area contributed by atoms with Gasteiger partial charge in [-0.1, -0.05) is 0 Å². The number of rotatable bonds is 1. The fourth-order valence-corrected chi connectivity index (χ4v) is 1.35. The molecular formula is C7H13BN2O. The summed E-state index contributed by atoms with van der Waals surface area (Å²) in [5.41, 5.74) is 0. The first-order valence-corrected chi connectivity index (χ1v) is 3.93. The van der Waals surface area contributed by atoms with Gasteiger partial charge in [-0.3, -0.25) is 4.79 Å². The Morgan fingerprint density at radius 1 is 1.55 bits per heavy atom. The molecule has 0 atom stereocenters. The highest BCUT2D eigenvalue weighted by atomic mass is 16.1. The number of hydrogen-bond acceptors (Lipinski definition) is 2. The van der Waals surface area contributed by atoms with Crippen LogP contribution >= 0.6 is 0 Å². The fraction of sp³-hybridized carbons (Fsp3) is 0.857. The monoisotopic (exact) mass is 152 g/mol. The van der Waals surface area contributed by atoms with Crippen molar-refractivity contribution in [3.8, 4) is 0 Å². The molecule has 0 bridgehead atoms. The minimum atomic E-state index is -0.403. The molecule has 1 aliphatic rings. The molecule has 1 amide bonds. The number of piperidine rings is 1. The van der Waals surface area contributed by atoms with Gasteiger partial charge < -0.3 is 10.2 Å². The van der Waals surface area contributed by atoms with Crippen molar-refractivity contribution in [2.75, 3.05) is 20.1 Å². The first-order chi connectivity index (χ1) is 5.18. The van der Waals surface area contributed by atoms with E-state index in [0.29, 0.717) is 6.04 Å². The van der Waals surface area contributed by atoms with Crippen LogP contribution in [0.3, 0.4) is 0 Å². The third-order valence-corrected chi connectivity index (χ3v) is 2.06. The molecule has 0 aromatic heterocycles. The van der Waals surface area contributed by atoms with E-state index in [1.165, 1.54) is 0 Å². The largest absolute Gasteiger partial charge is 0.363 e. The van der Waals surface area contributed by atoms with Crippen LogP contribution in [0.4, 0.5) is 4.79 Å². The van der Waals surface area contributed by atoms with Gasteiger partial charge in [0.2, 0.25) is 7.85 Å². The van der Waals surface area contributed by atoms with Crippen molar-refractivity contribution in [1.29, 1.82) is 0 Å². The lowest BCUT2D eigenvalue weighted by molar-refractivity contribution is 0.226. The van der Waals surface area contributed by atoms with Crippen LogP contribution in [-0.2, 0) is 0 Å². The van der Waals surface area contributed by atoms with Crippen LogP contribution in [0.25, 0.3) is 0 Å². The number of carbonyl (C=O) groups excluding carboxylic acids is 1. The average molecular weight is 152 g/mol. The maximum atomic E-state index is 10.4. The summed E-state index contributed by atoms with van der Waals surface area (Å²) in [7, 11) is 7.08. The summed E-state index contributed by atoms with van der Waals surface area (Å²) in [4.78, 5) is 12.7. The first-order valence-electron chi connectivity index (χ1n) is 3.93. The predicted octanol–water partition coefficient (Wildman–Crippen LogP) is -0.0413. The predicted molar refractivity (Wildman–Crippen MR) is 44.8 cm³/mol. The molecule has 1 rings (SSSR count). The number of nitrogens with one attached hydrogen (secondary N) is 1. The van der Waals surface area contributed by atoms with Crippen molar-refractivity contribution in [3.05, 3.63) is 0 Å². The molecule has 1 aliphatic heterocycles. The Kier molecular flexibility index (Phi) is 2.94. The molecule has 11 heavy (non-hydrogen) atoms. The van der Waals surface area contributed by atoms with Crippen LogP contribution in [0.15, 0.2) is 0 Å². The summed E-state index contributed by atoms with van der Waals surface area (Å²) in [5, 5.41) is 2.71. The van der Waals surface area contributed by atoms with Crippen LogP contribution in [0.5, 0.6) is 0 Å². The van der Waals surface area contributed by atoms with Gasteiger partial charge in [-0.05, 0) is 33.0 Å². The Labute approximate surface area is 68.5 Å². The molecule has 0 spiro atoms. The molecule has 60 valence electrons. The normalized spacial score (nSPS) is 21.5. The zero-order valence-corrected chi connectivity index (χ0v) is 6.84. The second-order valence-electron chi connectivity index (χ2n) is 3.09. The SMILES string of the molecule is [B]C(=O)NC1CCN(C)CC1. The smallest absolute Gasteiger partial charge is 0.200 e. The van der Waals surface area contributed by atoms with E-state index in [-0.39, 0.29) is 0 Å². The fourth-order valence-electron chi connectivity index (χ4n) is 1.35. The van der Waals surface area contributed by atoms with Gasteiger partial charge in [0, 0.05) is 6.04 Å². The maximum absolute atomic E-state index is 10.4. The zero-order valence-electron chi connectivity index (χ0n) is 6.84. The van der Waals surface area contributed by atoms with Crippen LogP contribution in [0, 0.1) is 0 Å². The van der Waals surface area contributed by atoms with E-state index in [0.717, 1.165) is 25.9 Å². The Bertz CT molecular complexity index is 143. The van der Waals surface area contributed by atoms with Gasteiger partial charge in [0.25, 0.3) is 0 Å². The minimum Gasteiger partial charge on any atom is -0.363 e. The number of carbonyl (C=O) groups is 1. The highest BCUT2D eigenvalue weighted by Crippen LogP contribution is 2.07. The van der Waals surface area contributed by atoms with Gasteiger partial charge in [-0.15, -0.1) is 0 Å². The molecule has 2 radical (unpaired) electrons. The lowest BCUT2D eigenvalue weighted by atomic mass is 10.0. The third-order valence-electron chi connectivity index (χ3n) is 2.06. The second-order valence-corrected chi connectivity index (χ2v) is 3.09. The van der Waals surface area contributed by atoms with Gasteiger partial charge in [-0.2, -0.15) is 0 Å². The zero-order chi connectivity index (χ0) is 8.27. The van der Waals surface area contributed by atoms with Crippen molar-refractivity contribution in [1.82, 2.24) is 10.2 Å². The summed E-state index contributed by atoms with van der Waals surface area (Å²) in [6, 6.07) is 0.295. The molecular weight excluding hydrogens is 139 g/mol. The summed E-state index contributed by atoms with van der Waals surface area (Å²) in [6.07, 6.45) is 2.03. The summed E-state index contributed by atoms with van der Waals surface area (Å²) in [6.45, 7) is 2.09. The van der Waals surface area contributed by atoms with E-state index in [4.69, 9.17) is 7.85 Å². The summed E-state index contributed by atoms with van der Waals surface area (Å²) in [5.74, 6) is -0.403. The van der Waals surface area contributed by atoms with E-state index in [9.17, 15) is 4.79 Å². The van der Waals surface area contributed by atoms with Gasteiger partial charge in [0.05, 0.1) is 0 Å². The molecule has 1 N–H and O–H groups in total. The number of nitrogens with zero attached hydrogens (tertiary/aromatic N) is 1. The quantitative estimate of drug-likeness (QED) is 0.534. The van der Waals surface area contributed by atoms with E-state index >= 15 is 0 Å². The Morgan fingerprint density at radius 3 is 2.55 bits per heavy atom. The van der Waals surface area contributed by atoms with E-state index in [1.54, 1.807) is 0 Å². The van der Waals surface area contributed by atoms with E-state index in [1.807, 2.05) is 0 Å². The molecule has 4 heteroatoms. The summed E-state index contributed by atoms with van der Waals surface area (Å²) >= 11 is 0. The average Bonchev–Trinajstić information content (AvgIpc) is 1.93. The molecule has 0 aromatic rings. The summed E-state index contributed by atoms with van der Waals surface area (Å²) < 4.78 is 0. The van der Waals surface area contributed by atoms with Crippen molar-refractivity contribution in [3.63, 3.8) is 0 Å². The standard InChI is InChI=1S/C7H13BN2O/c1-10-4-2-6(3-5-10)9-7(8)11/h6H,2-5H2,1H3,(H,9,11). The number of likely N-dealkylation sites (tertiary alicyclic amines) is 1. The van der Waals surface area contributed by atoms with Gasteiger partial charge in [-0.25, -0.2) is 0 Å². The molecule has 0 saturated carbocycles. The van der Waals surface area contributed by atoms with Crippen LogP contribution < -0.4 is 5.32 Å². The van der Waals surface area contributed by atoms with Crippen molar-refractivity contribution >= 4 is 13.7 Å². The third kappa shape index (κ3) is 2.93. The molecule has 0 unspecified atom stereocenters. The highest BCUT2D eigenvalue weighted by Gasteiger charge is 2.16. The minimum absolute atomic E-state index is 0.295. The molecule has 0 aromatic carbocycles. The highest BCUT2D eigenvalue weighted by molar-refractivity contribution is 6.57. The van der Waals surface area contributed by atoms with E-state index < -0.39 is 5.81 Å². The number of hydrogen-bond donors (Lipinski definition) is 1. The van der Waals surface area contributed by atoms with Gasteiger partial charge in [0.15, 0.2) is 5.81 Å². The first kappa shape index (κ1) is 8.59. The second kappa shape index (κ2) is 3.76. The van der Waals surface area contributed by atoms with Crippen LogP contribution in [0.1, 0.15) is 12.8 Å². The molecule has 1 fully saturated rings. The molecule has 1 saturated heterocycles. The van der Waals surface area contributed by atoms with Gasteiger partial charge in [0.1, 0.15) is 0 Å². The van der Waals surface area contributed by atoms with Crippen molar-refractivity contribution < 1.29 is 4.79 Å². The lowest BCUT2D eigenvalue weighted by Gasteiger charge is -2.29. The van der Waals surface area contributed by atoms with Gasteiger partial charge >= 0.3 is 0 Å². The lowest BCUT2D eigenvalue weighted by Crippen LogP contribution is -2.42. The topological polar surface area (TPSA) is 32.3 Å². The molecule has 3 nitrogen and oxygen atoms in total. The maximum Gasteiger partial charge on any atom is 0.200 e. The van der Waals surface area contributed by atoms with Crippen molar-refractivity contribution in [2.24, 2.45) is 0 Å². The Morgan fingerprint density at radius 2 is 2.09 bits per heavy atom. The number of amides is 1. The van der Waals surface area contributed by atoms with Crippen LogP contribution in [-0.4, -0.2) is 44.7 Å². The Hall–Kier alpha value is -0.505. The molecule has 0 aliphatic carbocycles. The van der Waals surface area contributed by atoms with Crippen LogP contribution in [0.2, 0.25) is 0 Å². The van der Waals surface area contributed by atoms with Crippen molar-refractivity contribution in [2.45, 2.75) is 18.9 Å². The Balaban J connectivity index is 2.22.